The standard InChI is InChI=1S/C32H34N2O4S/c1-22-11-17-30(18-12-22)39(36,37)34(27-13-15-29(16-14-27)38-28-9-7-6-8-10-28)21-32(35)33-26(5)31-20-24(3)23(2)19-25(31)4/h6-20,26H,21H2,1-5H3,(H,33,35)/t26-/m0/s1. The van der Waals surface area contributed by atoms with Crippen molar-refractivity contribution in [1.29, 1.82) is 0 Å². The molecule has 1 N–H and O–H groups in total. The number of nitrogens with zero attached hydrogens (tertiary/aromatic N) is 1. The van der Waals surface area contributed by atoms with Crippen molar-refractivity contribution >= 4 is 21.6 Å². The molecule has 0 spiro atoms. The van der Waals surface area contributed by atoms with Crippen LogP contribution in [0.4, 0.5) is 5.69 Å². The second-order valence-electron chi connectivity index (χ2n) is 9.82. The summed E-state index contributed by atoms with van der Waals surface area (Å²) in [4.78, 5) is 13.4. The molecular weight excluding hydrogens is 508 g/mol. The van der Waals surface area contributed by atoms with Gasteiger partial charge in [0.25, 0.3) is 10.0 Å². The SMILES string of the molecule is Cc1ccc(S(=O)(=O)N(CC(=O)N[C@@H](C)c2cc(C)c(C)cc2C)c2ccc(Oc3ccccc3)cc2)cc1. The first-order valence-corrected chi connectivity index (χ1v) is 14.3. The van der Waals surface area contributed by atoms with Gasteiger partial charge in [0.05, 0.1) is 16.6 Å². The highest BCUT2D eigenvalue weighted by Gasteiger charge is 2.28. The molecule has 7 heteroatoms. The number of rotatable bonds is 9. The smallest absolute Gasteiger partial charge is 0.264 e. The van der Waals surface area contributed by atoms with Gasteiger partial charge >= 0.3 is 0 Å². The number of hydrogen-bond donors (Lipinski definition) is 1. The zero-order chi connectivity index (χ0) is 28.2. The van der Waals surface area contributed by atoms with E-state index in [1.807, 2.05) is 58.0 Å². The van der Waals surface area contributed by atoms with Gasteiger partial charge in [0.2, 0.25) is 5.91 Å². The van der Waals surface area contributed by atoms with Crippen LogP contribution in [-0.2, 0) is 14.8 Å². The minimum Gasteiger partial charge on any atom is -0.457 e. The summed E-state index contributed by atoms with van der Waals surface area (Å²) in [6.07, 6.45) is 0. The van der Waals surface area contributed by atoms with Gasteiger partial charge in [-0.1, -0.05) is 48.0 Å². The van der Waals surface area contributed by atoms with Gasteiger partial charge in [-0.15, -0.1) is 0 Å². The van der Waals surface area contributed by atoms with Crippen LogP contribution >= 0.6 is 0 Å². The second-order valence-corrected chi connectivity index (χ2v) is 11.7. The summed E-state index contributed by atoms with van der Waals surface area (Å²) in [6, 6.07) is 26.5. The average Bonchev–Trinajstić information content (AvgIpc) is 2.90. The van der Waals surface area contributed by atoms with Crippen molar-refractivity contribution in [2.75, 3.05) is 10.8 Å². The van der Waals surface area contributed by atoms with Crippen molar-refractivity contribution < 1.29 is 17.9 Å². The molecule has 0 fully saturated rings. The number of benzene rings is 4. The molecule has 0 aliphatic carbocycles. The van der Waals surface area contributed by atoms with Gasteiger partial charge in [0, 0.05) is 0 Å². The van der Waals surface area contributed by atoms with Gasteiger partial charge < -0.3 is 10.1 Å². The molecule has 4 aromatic rings. The number of para-hydroxylation sites is 1. The number of carbonyl (C=O) groups excluding carboxylic acids is 1. The van der Waals surface area contributed by atoms with E-state index < -0.39 is 15.9 Å². The van der Waals surface area contributed by atoms with Crippen molar-refractivity contribution in [1.82, 2.24) is 5.32 Å². The lowest BCUT2D eigenvalue weighted by Crippen LogP contribution is -2.41. The zero-order valence-corrected chi connectivity index (χ0v) is 23.7. The number of sulfonamides is 1. The lowest BCUT2D eigenvalue weighted by atomic mass is 9.96. The van der Waals surface area contributed by atoms with Crippen molar-refractivity contribution in [2.24, 2.45) is 0 Å². The van der Waals surface area contributed by atoms with Gasteiger partial charge in [-0.2, -0.15) is 0 Å². The van der Waals surface area contributed by atoms with E-state index in [9.17, 15) is 13.2 Å². The Morgan fingerprint density at radius 2 is 1.38 bits per heavy atom. The first-order chi connectivity index (χ1) is 18.5. The second kappa shape index (κ2) is 11.7. The topological polar surface area (TPSA) is 75.7 Å². The first kappa shape index (κ1) is 27.9. The normalized spacial score (nSPS) is 12.0. The van der Waals surface area contributed by atoms with Crippen LogP contribution in [-0.4, -0.2) is 20.9 Å². The molecule has 4 rings (SSSR count). The summed E-state index contributed by atoms with van der Waals surface area (Å²) in [7, 11) is -4.03. The molecule has 0 unspecified atom stereocenters. The number of aryl methyl sites for hydroxylation is 4. The van der Waals surface area contributed by atoms with E-state index in [0.29, 0.717) is 17.2 Å². The fourth-order valence-electron chi connectivity index (χ4n) is 4.40. The molecule has 202 valence electrons. The van der Waals surface area contributed by atoms with E-state index in [1.165, 1.54) is 5.56 Å². The van der Waals surface area contributed by atoms with Crippen LogP contribution in [0.1, 0.15) is 40.8 Å². The Balaban J connectivity index is 1.61. The molecule has 0 saturated heterocycles. The molecule has 39 heavy (non-hydrogen) atoms. The number of nitrogens with one attached hydrogen (secondary N) is 1. The lowest BCUT2D eigenvalue weighted by Gasteiger charge is -2.26. The molecule has 1 atom stereocenters. The number of hydrogen-bond acceptors (Lipinski definition) is 4. The zero-order valence-electron chi connectivity index (χ0n) is 22.9. The maximum absolute atomic E-state index is 13.8. The van der Waals surface area contributed by atoms with Gasteiger partial charge in [-0.05, 0) is 105 Å². The predicted octanol–water partition coefficient (Wildman–Crippen LogP) is 6.79. The largest absolute Gasteiger partial charge is 0.457 e. The molecular formula is C32H34N2O4S. The minimum atomic E-state index is -4.03. The molecule has 1 amide bonds. The Labute approximate surface area is 231 Å². The number of carbonyl (C=O) groups is 1. The monoisotopic (exact) mass is 542 g/mol. The predicted molar refractivity (Wildman–Crippen MR) is 156 cm³/mol. The molecule has 0 saturated carbocycles. The summed E-state index contributed by atoms with van der Waals surface area (Å²) in [5.74, 6) is 0.825. The lowest BCUT2D eigenvalue weighted by molar-refractivity contribution is -0.120. The molecule has 0 heterocycles. The molecule has 0 bridgehead atoms. The molecule has 0 aliphatic rings. The number of ether oxygens (including phenoxy) is 1. The van der Waals surface area contributed by atoms with Crippen LogP contribution < -0.4 is 14.4 Å². The number of anilines is 1. The summed E-state index contributed by atoms with van der Waals surface area (Å²) < 4.78 is 34.5. The summed E-state index contributed by atoms with van der Waals surface area (Å²) in [6.45, 7) is 9.53. The Hall–Kier alpha value is -4.10. The summed E-state index contributed by atoms with van der Waals surface area (Å²) >= 11 is 0. The van der Waals surface area contributed by atoms with Gasteiger partial charge in [-0.3, -0.25) is 9.10 Å². The van der Waals surface area contributed by atoms with E-state index in [4.69, 9.17) is 4.74 Å². The van der Waals surface area contributed by atoms with E-state index in [-0.39, 0.29) is 17.5 Å². The summed E-state index contributed by atoms with van der Waals surface area (Å²) in [5.41, 5.74) is 5.70. The van der Waals surface area contributed by atoms with Crippen LogP contribution in [0, 0.1) is 27.7 Å². The third-order valence-electron chi connectivity index (χ3n) is 6.73. The highest BCUT2D eigenvalue weighted by atomic mass is 32.2. The highest BCUT2D eigenvalue weighted by molar-refractivity contribution is 7.92. The molecule has 0 aromatic heterocycles. The van der Waals surface area contributed by atoms with Gasteiger partial charge in [-0.25, -0.2) is 8.42 Å². The fourth-order valence-corrected chi connectivity index (χ4v) is 5.82. The fraction of sp³-hybridized carbons (Fsp3) is 0.219. The minimum absolute atomic E-state index is 0.114. The van der Waals surface area contributed by atoms with Crippen molar-refractivity contribution in [3.05, 3.63) is 119 Å². The molecule has 0 radical (unpaired) electrons. The first-order valence-electron chi connectivity index (χ1n) is 12.8. The van der Waals surface area contributed by atoms with E-state index in [2.05, 4.69) is 24.4 Å². The van der Waals surface area contributed by atoms with Crippen LogP contribution in [0.5, 0.6) is 11.5 Å². The maximum atomic E-state index is 13.8. The summed E-state index contributed by atoms with van der Waals surface area (Å²) in [5, 5.41) is 2.99. The maximum Gasteiger partial charge on any atom is 0.264 e. The van der Waals surface area contributed by atoms with Crippen LogP contribution in [0.15, 0.2) is 95.9 Å². The quantitative estimate of drug-likeness (QED) is 0.253. The average molecular weight is 543 g/mol. The highest BCUT2D eigenvalue weighted by Crippen LogP contribution is 2.28. The molecule has 4 aromatic carbocycles. The Morgan fingerprint density at radius 1 is 0.795 bits per heavy atom. The van der Waals surface area contributed by atoms with Crippen LogP contribution in [0.25, 0.3) is 0 Å². The molecule has 6 nitrogen and oxygen atoms in total. The molecule has 0 aliphatic heterocycles. The van der Waals surface area contributed by atoms with E-state index in [1.54, 1.807) is 48.5 Å². The third kappa shape index (κ3) is 6.67. The van der Waals surface area contributed by atoms with E-state index >= 15 is 0 Å². The number of amides is 1. The van der Waals surface area contributed by atoms with Crippen molar-refractivity contribution in [2.45, 2.75) is 45.6 Å². The van der Waals surface area contributed by atoms with Crippen molar-refractivity contribution in [3.63, 3.8) is 0 Å². The van der Waals surface area contributed by atoms with Gasteiger partial charge in [0.1, 0.15) is 18.0 Å². The Kier molecular flexibility index (Phi) is 8.41. The van der Waals surface area contributed by atoms with Crippen LogP contribution in [0.3, 0.4) is 0 Å². The van der Waals surface area contributed by atoms with Crippen molar-refractivity contribution in [3.8, 4) is 11.5 Å². The Bertz CT molecular complexity index is 1550. The van der Waals surface area contributed by atoms with E-state index in [0.717, 1.165) is 26.6 Å². The third-order valence-corrected chi connectivity index (χ3v) is 8.51. The van der Waals surface area contributed by atoms with Crippen LogP contribution in [0.2, 0.25) is 0 Å². The Morgan fingerprint density at radius 3 is 2.03 bits per heavy atom. The van der Waals surface area contributed by atoms with Gasteiger partial charge in [0.15, 0.2) is 0 Å².